The molecule has 0 spiro atoms. The predicted octanol–water partition coefficient (Wildman–Crippen LogP) is 3.71. The number of carbonyl (C=O) groups excluding carboxylic acids is 1. The molecule has 1 saturated heterocycles. The van der Waals surface area contributed by atoms with E-state index in [1.165, 1.54) is 6.07 Å². The van der Waals surface area contributed by atoms with Gasteiger partial charge in [0.25, 0.3) is 5.91 Å². The van der Waals surface area contributed by atoms with Gasteiger partial charge in [0.05, 0.1) is 18.6 Å². The SMILES string of the molecule is COc1ccc(C2SCC(=O)N2Nc2cc3ccc(=O)oc3cc2C)cc1. The number of nitrogens with one attached hydrogen (secondary N) is 1. The van der Waals surface area contributed by atoms with Crippen molar-refractivity contribution in [2.24, 2.45) is 0 Å². The third kappa shape index (κ3) is 3.38. The van der Waals surface area contributed by atoms with Gasteiger partial charge in [-0.1, -0.05) is 12.1 Å². The van der Waals surface area contributed by atoms with E-state index in [-0.39, 0.29) is 16.9 Å². The van der Waals surface area contributed by atoms with Crippen molar-refractivity contribution in [3.8, 4) is 5.75 Å². The van der Waals surface area contributed by atoms with E-state index in [0.29, 0.717) is 11.3 Å². The summed E-state index contributed by atoms with van der Waals surface area (Å²) in [6.07, 6.45) is 0. The number of carbonyl (C=O) groups is 1. The van der Waals surface area contributed by atoms with Crippen molar-refractivity contribution < 1.29 is 13.9 Å². The van der Waals surface area contributed by atoms with Crippen LogP contribution in [0.25, 0.3) is 11.0 Å². The van der Waals surface area contributed by atoms with Crippen LogP contribution in [0.4, 0.5) is 5.69 Å². The summed E-state index contributed by atoms with van der Waals surface area (Å²) >= 11 is 1.57. The summed E-state index contributed by atoms with van der Waals surface area (Å²) in [5.74, 6) is 1.20. The van der Waals surface area contributed by atoms with Gasteiger partial charge in [0, 0.05) is 11.5 Å². The molecule has 1 unspecified atom stereocenters. The van der Waals surface area contributed by atoms with Gasteiger partial charge >= 0.3 is 5.63 Å². The second-order valence-corrected chi connectivity index (χ2v) is 7.34. The Bertz CT molecular complexity index is 1060. The molecule has 1 aromatic heterocycles. The van der Waals surface area contributed by atoms with Crippen LogP contribution in [0.5, 0.6) is 5.75 Å². The highest BCUT2D eigenvalue weighted by Gasteiger charge is 2.33. The fourth-order valence-corrected chi connectivity index (χ4v) is 4.14. The number of thioether (sulfide) groups is 1. The maximum Gasteiger partial charge on any atom is 0.336 e. The van der Waals surface area contributed by atoms with Gasteiger partial charge in [-0.2, -0.15) is 0 Å². The Labute approximate surface area is 160 Å². The Balaban J connectivity index is 1.65. The first-order valence-electron chi connectivity index (χ1n) is 8.44. The molecule has 27 heavy (non-hydrogen) atoms. The lowest BCUT2D eigenvalue weighted by Crippen LogP contribution is -2.34. The molecule has 1 aliphatic heterocycles. The van der Waals surface area contributed by atoms with Crippen molar-refractivity contribution in [3.05, 3.63) is 70.1 Å². The Morgan fingerprint density at radius 2 is 1.93 bits per heavy atom. The number of anilines is 1. The molecular weight excluding hydrogens is 364 g/mol. The quantitative estimate of drug-likeness (QED) is 0.694. The van der Waals surface area contributed by atoms with Crippen molar-refractivity contribution in [1.82, 2.24) is 5.01 Å². The van der Waals surface area contributed by atoms with Crippen molar-refractivity contribution in [2.75, 3.05) is 18.3 Å². The molecule has 0 bridgehead atoms. The summed E-state index contributed by atoms with van der Waals surface area (Å²) in [4.78, 5) is 23.9. The normalized spacial score (nSPS) is 16.7. The number of aryl methyl sites for hydroxylation is 1. The van der Waals surface area contributed by atoms with Gasteiger partial charge in [-0.3, -0.25) is 10.2 Å². The molecule has 0 radical (unpaired) electrons. The highest BCUT2D eigenvalue weighted by atomic mass is 32.2. The lowest BCUT2D eigenvalue weighted by atomic mass is 10.1. The molecule has 1 amide bonds. The number of fused-ring (bicyclic) bond motifs is 1. The molecule has 7 heteroatoms. The van der Waals surface area contributed by atoms with E-state index in [1.807, 2.05) is 37.3 Å². The van der Waals surface area contributed by atoms with Crippen LogP contribution < -0.4 is 15.8 Å². The minimum absolute atomic E-state index is 0.0138. The first-order chi connectivity index (χ1) is 13.0. The number of nitrogens with zero attached hydrogens (tertiary/aromatic N) is 1. The third-order valence-electron chi connectivity index (χ3n) is 4.48. The van der Waals surface area contributed by atoms with E-state index in [1.54, 1.807) is 36.0 Å². The number of hydrogen-bond acceptors (Lipinski definition) is 6. The number of amides is 1. The largest absolute Gasteiger partial charge is 0.497 e. The highest BCUT2D eigenvalue weighted by molar-refractivity contribution is 8.00. The van der Waals surface area contributed by atoms with Crippen molar-refractivity contribution in [3.63, 3.8) is 0 Å². The van der Waals surface area contributed by atoms with E-state index in [4.69, 9.17) is 9.15 Å². The Hall–Kier alpha value is -2.93. The molecule has 2 heterocycles. The van der Waals surface area contributed by atoms with Gasteiger partial charge in [0.1, 0.15) is 16.7 Å². The van der Waals surface area contributed by atoms with Gasteiger partial charge in [-0.05, 0) is 48.4 Å². The van der Waals surface area contributed by atoms with Crippen LogP contribution >= 0.6 is 11.8 Å². The smallest absolute Gasteiger partial charge is 0.336 e. The van der Waals surface area contributed by atoms with E-state index in [0.717, 1.165) is 28.0 Å². The first kappa shape index (κ1) is 17.5. The third-order valence-corrected chi connectivity index (χ3v) is 5.69. The van der Waals surface area contributed by atoms with E-state index >= 15 is 0 Å². The van der Waals surface area contributed by atoms with Crippen LogP contribution in [0.3, 0.4) is 0 Å². The average Bonchev–Trinajstić information content (AvgIpc) is 3.03. The minimum Gasteiger partial charge on any atom is -0.497 e. The number of hydrogen-bond donors (Lipinski definition) is 1. The zero-order valence-corrected chi connectivity index (χ0v) is 15.7. The minimum atomic E-state index is -0.381. The number of rotatable bonds is 4. The molecule has 6 nitrogen and oxygen atoms in total. The molecule has 1 N–H and O–H groups in total. The predicted molar refractivity (Wildman–Crippen MR) is 106 cm³/mol. The number of ether oxygens (including phenoxy) is 1. The van der Waals surface area contributed by atoms with Crippen molar-refractivity contribution >= 4 is 34.3 Å². The first-order valence-corrected chi connectivity index (χ1v) is 9.49. The van der Waals surface area contributed by atoms with Crippen LogP contribution in [-0.2, 0) is 4.79 Å². The molecule has 3 aromatic rings. The Morgan fingerprint density at radius 1 is 1.15 bits per heavy atom. The number of benzene rings is 2. The maximum atomic E-state index is 12.5. The molecule has 1 aliphatic rings. The summed E-state index contributed by atoms with van der Waals surface area (Å²) in [5.41, 5.74) is 6.10. The van der Waals surface area contributed by atoms with Gasteiger partial charge < -0.3 is 9.15 Å². The lowest BCUT2D eigenvalue weighted by molar-refractivity contribution is -0.126. The van der Waals surface area contributed by atoms with Gasteiger partial charge in [-0.25, -0.2) is 9.80 Å². The van der Waals surface area contributed by atoms with Crippen LogP contribution in [0.15, 0.2) is 57.7 Å². The monoisotopic (exact) mass is 382 g/mol. The summed E-state index contributed by atoms with van der Waals surface area (Å²) < 4.78 is 10.4. The topological polar surface area (TPSA) is 71.8 Å². The van der Waals surface area contributed by atoms with Crippen molar-refractivity contribution in [1.29, 1.82) is 0 Å². The molecule has 0 aliphatic carbocycles. The summed E-state index contributed by atoms with van der Waals surface area (Å²) in [5, 5.41) is 2.31. The Morgan fingerprint density at radius 3 is 2.67 bits per heavy atom. The average molecular weight is 382 g/mol. The fraction of sp³-hybridized carbons (Fsp3) is 0.200. The second-order valence-electron chi connectivity index (χ2n) is 6.27. The maximum absolute atomic E-state index is 12.5. The van der Waals surface area contributed by atoms with E-state index < -0.39 is 0 Å². The number of methoxy groups -OCH3 is 1. The zero-order valence-electron chi connectivity index (χ0n) is 14.9. The molecule has 1 fully saturated rings. The lowest BCUT2D eigenvalue weighted by Gasteiger charge is -2.26. The highest BCUT2D eigenvalue weighted by Crippen LogP contribution is 2.39. The summed E-state index contributed by atoms with van der Waals surface area (Å²) in [7, 11) is 1.63. The molecule has 4 rings (SSSR count). The van der Waals surface area contributed by atoms with Crippen molar-refractivity contribution in [2.45, 2.75) is 12.3 Å². The molecule has 2 aromatic carbocycles. The van der Waals surface area contributed by atoms with E-state index in [9.17, 15) is 9.59 Å². The van der Waals surface area contributed by atoms with Crippen LogP contribution in [0.1, 0.15) is 16.5 Å². The van der Waals surface area contributed by atoms with Gasteiger partial charge in [0.15, 0.2) is 0 Å². The van der Waals surface area contributed by atoms with Crippen LogP contribution in [-0.4, -0.2) is 23.8 Å². The Kier molecular flexibility index (Phi) is 4.53. The molecule has 1 atom stereocenters. The fourth-order valence-electron chi connectivity index (χ4n) is 3.03. The summed E-state index contributed by atoms with van der Waals surface area (Å²) in [6, 6.07) is 14.5. The van der Waals surface area contributed by atoms with Gasteiger partial charge in [0.2, 0.25) is 0 Å². The van der Waals surface area contributed by atoms with Gasteiger partial charge in [-0.15, -0.1) is 11.8 Å². The molecule has 138 valence electrons. The molecular formula is C20H18N2O4S. The van der Waals surface area contributed by atoms with E-state index in [2.05, 4.69) is 5.43 Å². The summed E-state index contributed by atoms with van der Waals surface area (Å²) in [6.45, 7) is 1.91. The molecule has 0 saturated carbocycles. The number of hydrazine groups is 1. The van der Waals surface area contributed by atoms with Crippen LogP contribution in [0, 0.1) is 6.92 Å². The second kappa shape index (κ2) is 7.00. The standard InChI is InChI=1S/C20H18N2O4S/c1-12-9-17-14(5-8-19(24)26-17)10-16(12)21-22-18(23)11-27-20(22)13-3-6-15(25-2)7-4-13/h3-10,20-21H,11H2,1-2H3. The van der Waals surface area contributed by atoms with Crippen LogP contribution in [0.2, 0.25) is 0 Å². The zero-order chi connectivity index (χ0) is 19.0.